The SMILES string of the molecule is Cc1nc(C(F)(F)F)ccc1C(=O)N(Cc1ccccc1)C1CC1. The van der Waals surface area contributed by atoms with Crippen molar-refractivity contribution in [3.8, 4) is 0 Å². The van der Waals surface area contributed by atoms with E-state index < -0.39 is 11.9 Å². The van der Waals surface area contributed by atoms with E-state index in [1.807, 2.05) is 30.3 Å². The van der Waals surface area contributed by atoms with Crippen LogP contribution < -0.4 is 0 Å². The number of hydrogen-bond acceptors (Lipinski definition) is 2. The van der Waals surface area contributed by atoms with E-state index in [1.165, 1.54) is 13.0 Å². The van der Waals surface area contributed by atoms with Crippen molar-refractivity contribution in [3.05, 3.63) is 65.0 Å². The average molecular weight is 334 g/mol. The lowest BCUT2D eigenvalue weighted by Crippen LogP contribution is -2.33. The van der Waals surface area contributed by atoms with E-state index >= 15 is 0 Å². The summed E-state index contributed by atoms with van der Waals surface area (Å²) in [5.41, 5.74) is 0.354. The first kappa shape index (κ1) is 16.5. The van der Waals surface area contributed by atoms with E-state index in [0.717, 1.165) is 24.5 Å². The molecule has 3 rings (SSSR count). The number of hydrogen-bond donors (Lipinski definition) is 0. The predicted octanol–water partition coefficient (Wildman–Crippen LogP) is 4.21. The van der Waals surface area contributed by atoms with Crippen LogP contribution in [0.5, 0.6) is 0 Å². The van der Waals surface area contributed by atoms with E-state index in [0.29, 0.717) is 6.54 Å². The highest BCUT2D eigenvalue weighted by atomic mass is 19.4. The second kappa shape index (κ2) is 6.26. The van der Waals surface area contributed by atoms with Gasteiger partial charge in [0.05, 0.1) is 11.3 Å². The molecule has 0 radical (unpaired) electrons. The average Bonchev–Trinajstić information content (AvgIpc) is 3.37. The number of aromatic nitrogens is 1. The number of carbonyl (C=O) groups excluding carboxylic acids is 1. The Labute approximate surface area is 138 Å². The Kier molecular flexibility index (Phi) is 4.30. The third-order valence-electron chi connectivity index (χ3n) is 4.05. The fraction of sp³-hybridized carbons (Fsp3) is 0.333. The first-order valence-corrected chi connectivity index (χ1v) is 7.76. The molecular formula is C18H17F3N2O. The van der Waals surface area contributed by atoms with E-state index in [4.69, 9.17) is 0 Å². The van der Waals surface area contributed by atoms with Crippen molar-refractivity contribution >= 4 is 5.91 Å². The Morgan fingerprint density at radius 2 is 1.83 bits per heavy atom. The predicted molar refractivity (Wildman–Crippen MR) is 83.3 cm³/mol. The van der Waals surface area contributed by atoms with Crippen molar-refractivity contribution in [1.29, 1.82) is 0 Å². The second-order valence-corrected chi connectivity index (χ2v) is 5.98. The Hall–Kier alpha value is -2.37. The maximum atomic E-state index is 12.8. The molecule has 3 nitrogen and oxygen atoms in total. The van der Waals surface area contributed by atoms with Gasteiger partial charge in [-0.2, -0.15) is 13.2 Å². The van der Waals surface area contributed by atoms with Crippen molar-refractivity contribution in [3.63, 3.8) is 0 Å². The molecule has 1 aromatic heterocycles. The summed E-state index contributed by atoms with van der Waals surface area (Å²) in [4.78, 5) is 18.1. The smallest absolute Gasteiger partial charge is 0.331 e. The number of amides is 1. The van der Waals surface area contributed by atoms with Gasteiger partial charge >= 0.3 is 6.18 Å². The maximum absolute atomic E-state index is 12.8. The molecule has 6 heteroatoms. The summed E-state index contributed by atoms with van der Waals surface area (Å²) >= 11 is 0. The number of halogens is 3. The first-order valence-electron chi connectivity index (χ1n) is 7.76. The lowest BCUT2D eigenvalue weighted by molar-refractivity contribution is -0.141. The fourth-order valence-corrected chi connectivity index (χ4v) is 2.63. The molecule has 1 aliphatic carbocycles. The molecule has 0 aliphatic heterocycles. The van der Waals surface area contributed by atoms with Crippen molar-refractivity contribution in [2.45, 2.75) is 38.5 Å². The van der Waals surface area contributed by atoms with E-state index in [-0.39, 0.29) is 23.2 Å². The number of pyridine rings is 1. The lowest BCUT2D eigenvalue weighted by atomic mass is 10.1. The molecular weight excluding hydrogens is 317 g/mol. The number of rotatable bonds is 4. The topological polar surface area (TPSA) is 33.2 Å². The van der Waals surface area contributed by atoms with Crippen LogP contribution >= 0.6 is 0 Å². The van der Waals surface area contributed by atoms with Crippen LogP contribution in [0, 0.1) is 6.92 Å². The van der Waals surface area contributed by atoms with Gasteiger partial charge in [0.2, 0.25) is 0 Å². The Bertz CT molecular complexity index is 740. The van der Waals surface area contributed by atoms with Crippen LogP contribution in [-0.4, -0.2) is 21.8 Å². The molecule has 0 unspecified atom stereocenters. The van der Waals surface area contributed by atoms with E-state index in [2.05, 4.69) is 4.98 Å². The van der Waals surface area contributed by atoms with Crippen LogP contribution in [0.15, 0.2) is 42.5 Å². The molecule has 0 saturated heterocycles. The van der Waals surface area contributed by atoms with Gasteiger partial charge < -0.3 is 4.90 Å². The highest BCUT2D eigenvalue weighted by Gasteiger charge is 2.36. The Balaban J connectivity index is 1.85. The minimum Gasteiger partial charge on any atom is -0.331 e. The molecule has 0 atom stereocenters. The zero-order valence-electron chi connectivity index (χ0n) is 13.2. The summed E-state index contributed by atoms with van der Waals surface area (Å²) in [6.07, 6.45) is -2.66. The number of carbonyl (C=O) groups is 1. The van der Waals surface area contributed by atoms with E-state index in [9.17, 15) is 18.0 Å². The van der Waals surface area contributed by atoms with Gasteiger partial charge in [-0.1, -0.05) is 30.3 Å². The molecule has 1 fully saturated rings. The van der Waals surface area contributed by atoms with Crippen LogP contribution in [0.4, 0.5) is 13.2 Å². The molecule has 1 amide bonds. The molecule has 126 valence electrons. The number of nitrogens with zero attached hydrogens (tertiary/aromatic N) is 2. The lowest BCUT2D eigenvalue weighted by Gasteiger charge is -2.23. The molecule has 2 aromatic rings. The normalized spacial score (nSPS) is 14.5. The minimum atomic E-state index is -4.51. The van der Waals surface area contributed by atoms with Crippen LogP contribution in [0.25, 0.3) is 0 Å². The Morgan fingerprint density at radius 1 is 1.17 bits per heavy atom. The summed E-state index contributed by atoms with van der Waals surface area (Å²) in [5.74, 6) is -0.264. The molecule has 0 N–H and O–H groups in total. The third kappa shape index (κ3) is 3.58. The van der Waals surface area contributed by atoms with Gasteiger partial charge in [-0.15, -0.1) is 0 Å². The van der Waals surface area contributed by atoms with Gasteiger partial charge in [0.15, 0.2) is 0 Å². The summed E-state index contributed by atoms with van der Waals surface area (Å²) in [6.45, 7) is 1.89. The molecule has 1 heterocycles. The maximum Gasteiger partial charge on any atom is 0.433 e. The van der Waals surface area contributed by atoms with Gasteiger partial charge in [0.1, 0.15) is 5.69 Å². The number of alkyl halides is 3. The van der Waals surface area contributed by atoms with Gasteiger partial charge in [0, 0.05) is 12.6 Å². The summed E-state index contributed by atoms with van der Waals surface area (Å²) in [6, 6.07) is 11.8. The third-order valence-corrected chi connectivity index (χ3v) is 4.05. The Morgan fingerprint density at radius 3 is 2.38 bits per heavy atom. The molecule has 1 saturated carbocycles. The summed E-state index contributed by atoms with van der Waals surface area (Å²) in [5, 5.41) is 0. The fourth-order valence-electron chi connectivity index (χ4n) is 2.63. The van der Waals surface area contributed by atoms with Gasteiger partial charge in [-0.3, -0.25) is 4.79 Å². The largest absolute Gasteiger partial charge is 0.433 e. The quantitative estimate of drug-likeness (QED) is 0.839. The summed E-state index contributed by atoms with van der Waals surface area (Å²) < 4.78 is 38.2. The van der Waals surface area contributed by atoms with Crippen LogP contribution in [0.3, 0.4) is 0 Å². The van der Waals surface area contributed by atoms with Crippen molar-refractivity contribution in [2.75, 3.05) is 0 Å². The van der Waals surface area contributed by atoms with E-state index in [1.54, 1.807) is 4.90 Å². The van der Waals surface area contributed by atoms with Crippen LogP contribution in [0.2, 0.25) is 0 Å². The standard InChI is InChI=1S/C18H17F3N2O/c1-12-15(9-10-16(22-12)18(19,20)21)17(24)23(14-7-8-14)11-13-5-3-2-4-6-13/h2-6,9-10,14H,7-8,11H2,1H3. The number of aryl methyl sites for hydroxylation is 1. The molecule has 24 heavy (non-hydrogen) atoms. The van der Waals surface area contributed by atoms with Crippen LogP contribution in [0.1, 0.15) is 40.2 Å². The van der Waals surface area contributed by atoms with Crippen molar-refractivity contribution in [1.82, 2.24) is 9.88 Å². The highest BCUT2D eigenvalue weighted by Crippen LogP contribution is 2.32. The molecule has 1 aromatic carbocycles. The minimum absolute atomic E-state index is 0.105. The monoisotopic (exact) mass is 334 g/mol. The van der Waals surface area contributed by atoms with Gasteiger partial charge in [-0.25, -0.2) is 4.98 Å². The molecule has 0 spiro atoms. The molecule has 0 bridgehead atoms. The first-order chi connectivity index (χ1) is 11.4. The van der Waals surface area contributed by atoms with Gasteiger partial charge in [0.25, 0.3) is 5.91 Å². The molecule has 1 aliphatic rings. The zero-order valence-corrected chi connectivity index (χ0v) is 13.2. The van der Waals surface area contributed by atoms with Crippen molar-refractivity contribution in [2.24, 2.45) is 0 Å². The van der Waals surface area contributed by atoms with Crippen LogP contribution in [-0.2, 0) is 12.7 Å². The number of benzene rings is 1. The van der Waals surface area contributed by atoms with Crippen molar-refractivity contribution < 1.29 is 18.0 Å². The highest BCUT2D eigenvalue weighted by molar-refractivity contribution is 5.95. The zero-order chi connectivity index (χ0) is 17.3. The second-order valence-electron chi connectivity index (χ2n) is 5.98. The summed E-state index contributed by atoms with van der Waals surface area (Å²) in [7, 11) is 0. The van der Waals surface area contributed by atoms with Gasteiger partial charge in [-0.05, 0) is 37.5 Å².